The highest BCUT2D eigenvalue weighted by atomic mass is 16.2. The van der Waals surface area contributed by atoms with Crippen molar-refractivity contribution in [2.75, 3.05) is 4.90 Å². The summed E-state index contributed by atoms with van der Waals surface area (Å²) in [6.07, 6.45) is 5.22. The first kappa shape index (κ1) is 20.3. The summed E-state index contributed by atoms with van der Waals surface area (Å²) < 4.78 is 0. The molecule has 0 N–H and O–H groups in total. The molecule has 3 aliphatic heterocycles. The number of rotatable bonds is 4. The van der Waals surface area contributed by atoms with Crippen LogP contribution in [0.3, 0.4) is 0 Å². The highest BCUT2D eigenvalue weighted by Crippen LogP contribution is 2.46. The monoisotopic (exact) mass is 447 g/mol. The second kappa shape index (κ2) is 7.92. The SMILES string of the molecule is O=C(c1ccc(-c2ccccc2)cc1)[C@H]1[C@@H]2C(=O)N(c3ccccc3)C(=O)[C@@H]2[C@H]2C=CC=NN21. The van der Waals surface area contributed by atoms with Gasteiger partial charge in [-0.1, -0.05) is 78.9 Å². The lowest BCUT2D eigenvalue weighted by Gasteiger charge is -2.30. The number of nitrogens with zero attached hydrogens (tertiary/aromatic N) is 3. The number of anilines is 1. The molecule has 34 heavy (non-hydrogen) atoms. The number of Topliss-reactive ketones (excluding diaryl/α,β-unsaturated/α-hetero) is 1. The fourth-order valence-corrected chi connectivity index (χ4v) is 5.30. The summed E-state index contributed by atoms with van der Waals surface area (Å²) >= 11 is 0. The van der Waals surface area contributed by atoms with E-state index in [4.69, 9.17) is 0 Å². The molecule has 3 aromatic rings. The van der Waals surface area contributed by atoms with E-state index in [1.165, 1.54) is 4.90 Å². The summed E-state index contributed by atoms with van der Waals surface area (Å²) in [5.41, 5.74) is 3.08. The molecule has 6 heteroatoms. The Morgan fingerprint density at radius 3 is 2.06 bits per heavy atom. The maximum atomic E-state index is 13.8. The number of imide groups is 1. The first-order valence-corrected chi connectivity index (χ1v) is 11.3. The van der Waals surface area contributed by atoms with Crippen molar-refractivity contribution in [3.8, 4) is 11.1 Å². The molecule has 4 atom stereocenters. The highest BCUT2D eigenvalue weighted by Gasteiger charge is 2.64. The molecule has 0 saturated carbocycles. The number of para-hydroxylation sites is 1. The molecule has 3 aromatic carbocycles. The van der Waals surface area contributed by atoms with Crippen LogP contribution in [0.4, 0.5) is 5.69 Å². The number of carbonyl (C=O) groups is 3. The Hall–Kier alpha value is -4.32. The highest BCUT2D eigenvalue weighted by molar-refractivity contribution is 6.24. The van der Waals surface area contributed by atoms with Gasteiger partial charge < -0.3 is 0 Å². The Labute approximate surface area is 196 Å². The van der Waals surface area contributed by atoms with Crippen molar-refractivity contribution < 1.29 is 14.4 Å². The van der Waals surface area contributed by atoms with Gasteiger partial charge in [0.05, 0.1) is 23.6 Å². The van der Waals surface area contributed by atoms with Gasteiger partial charge in [-0.25, -0.2) is 4.90 Å². The summed E-state index contributed by atoms with van der Waals surface area (Å²) in [6.45, 7) is 0. The fourth-order valence-electron chi connectivity index (χ4n) is 5.30. The number of hydrogen-bond acceptors (Lipinski definition) is 5. The zero-order valence-corrected chi connectivity index (χ0v) is 18.2. The molecule has 2 amide bonds. The number of fused-ring (bicyclic) bond motifs is 3. The van der Waals surface area contributed by atoms with Gasteiger partial charge in [-0.2, -0.15) is 5.10 Å². The Bertz CT molecular complexity index is 1330. The Balaban J connectivity index is 1.37. The van der Waals surface area contributed by atoms with Gasteiger partial charge in [0.15, 0.2) is 5.78 Å². The van der Waals surface area contributed by atoms with Gasteiger partial charge >= 0.3 is 0 Å². The molecule has 0 radical (unpaired) electrons. The minimum Gasteiger partial charge on any atom is -0.292 e. The lowest BCUT2D eigenvalue weighted by Crippen LogP contribution is -2.46. The molecular formula is C28H21N3O3. The summed E-state index contributed by atoms with van der Waals surface area (Å²) in [7, 11) is 0. The second-order valence-corrected chi connectivity index (χ2v) is 8.67. The molecule has 0 aliphatic carbocycles. The zero-order chi connectivity index (χ0) is 23.2. The average Bonchev–Trinajstić information content (AvgIpc) is 3.37. The first-order valence-electron chi connectivity index (χ1n) is 11.3. The number of benzene rings is 3. The van der Waals surface area contributed by atoms with Crippen LogP contribution in [0.5, 0.6) is 0 Å². The minimum absolute atomic E-state index is 0.208. The molecule has 6 rings (SSSR count). The van der Waals surface area contributed by atoms with Gasteiger partial charge in [-0.15, -0.1) is 0 Å². The molecule has 6 nitrogen and oxygen atoms in total. The Morgan fingerprint density at radius 2 is 1.35 bits per heavy atom. The van der Waals surface area contributed by atoms with Crippen molar-refractivity contribution in [3.63, 3.8) is 0 Å². The van der Waals surface area contributed by atoms with Crippen LogP contribution in [0.2, 0.25) is 0 Å². The molecule has 0 spiro atoms. The van der Waals surface area contributed by atoms with E-state index in [9.17, 15) is 14.4 Å². The molecule has 0 aromatic heterocycles. The van der Waals surface area contributed by atoms with E-state index in [1.807, 2.05) is 54.6 Å². The smallest absolute Gasteiger partial charge is 0.240 e. The lowest BCUT2D eigenvalue weighted by molar-refractivity contribution is -0.123. The normalized spacial score (nSPS) is 24.9. The average molecular weight is 447 g/mol. The summed E-state index contributed by atoms with van der Waals surface area (Å²) in [5.74, 6) is -2.29. The van der Waals surface area contributed by atoms with E-state index in [1.54, 1.807) is 53.7 Å². The molecule has 0 unspecified atom stereocenters. The van der Waals surface area contributed by atoms with Crippen molar-refractivity contribution >= 4 is 29.5 Å². The number of carbonyl (C=O) groups excluding carboxylic acids is 3. The summed E-state index contributed by atoms with van der Waals surface area (Å²) in [6, 6.07) is 24.9. The van der Waals surface area contributed by atoms with Gasteiger partial charge in [0.25, 0.3) is 0 Å². The summed E-state index contributed by atoms with van der Waals surface area (Å²) in [4.78, 5) is 42.0. The zero-order valence-electron chi connectivity index (χ0n) is 18.2. The van der Waals surface area contributed by atoms with Crippen LogP contribution in [-0.2, 0) is 9.59 Å². The van der Waals surface area contributed by atoms with E-state index in [2.05, 4.69) is 5.10 Å². The Kier molecular flexibility index (Phi) is 4.73. The van der Waals surface area contributed by atoms with E-state index in [0.717, 1.165) is 11.1 Å². The maximum Gasteiger partial charge on any atom is 0.240 e. The van der Waals surface area contributed by atoms with Crippen molar-refractivity contribution in [3.05, 3.63) is 103 Å². The number of amides is 2. The third-order valence-corrected chi connectivity index (χ3v) is 6.85. The third kappa shape index (κ3) is 3.03. The molecule has 2 saturated heterocycles. The molecule has 166 valence electrons. The largest absolute Gasteiger partial charge is 0.292 e. The number of hydrogen-bond donors (Lipinski definition) is 0. The van der Waals surface area contributed by atoms with Crippen LogP contribution in [-0.4, -0.2) is 40.9 Å². The van der Waals surface area contributed by atoms with Gasteiger partial charge in [0.2, 0.25) is 11.8 Å². The van der Waals surface area contributed by atoms with Gasteiger partial charge in [-0.05, 0) is 29.3 Å². The molecular weight excluding hydrogens is 426 g/mol. The van der Waals surface area contributed by atoms with Crippen molar-refractivity contribution in [1.82, 2.24) is 5.01 Å². The van der Waals surface area contributed by atoms with Crippen LogP contribution >= 0.6 is 0 Å². The van der Waals surface area contributed by atoms with E-state index >= 15 is 0 Å². The fraction of sp³-hybridized carbons (Fsp3) is 0.143. The molecule has 0 bridgehead atoms. The van der Waals surface area contributed by atoms with Crippen LogP contribution in [0, 0.1) is 11.8 Å². The Morgan fingerprint density at radius 1 is 0.735 bits per heavy atom. The van der Waals surface area contributed by atoms with Crippen molar-refractivity contribution in [2.45, 2.75) is 12.1 Å². The van der Waals surface area contributed by atoms with Gasteiger partial charge in [-0.3, -0.25) is 19.4 Å². The van der Waals surface area contributed by atoms with E-state index in [-0.39, 0.29) is 17.6 Å². The predicted molar refractivity (Wildman–Crippen MR) is 129 cm³/mol. The number of allylic oxidation sites excluding steroid dienone is 1. The van der Waals surface area contributed by atoms with Crippen molar-refractivity contribution in [1.29, 1.82) is 0 Å². The predicted octanol–water partition coefficient (Wildman–Crippen LogP) is 3.95. The second-order valence-electron chi connectivity index (χ2n) is 8.67. The van der Waals surface area contributed by atoms with Crippen LogP contribution in [0.1, 0.15) is 10.4 Å². The summed E-state index contributed by atoms with van der Waals surface area (Å²) in [5, 5.41) is 6.05. The van der Waals surface area contributed by atoms with Crippen LogP contribution in [0.25, 0.3) is 11.1 Å². The first-order chi connectivity index (χ1) is 16.6. The van der Waals surface area contributed by atoms with Gasteiger partial charge in [0.1, 0.15) is 6.04 Å². The minimum atomic E-state index is -0.844. The standard InChI is InChI=1S/C28H21N3O3/c32-26(20-15-13-19(14-16-20)18-8-3-1-4-9-18)25-24-23(22-12-7-17-29-31(22)25)27(33)30(28(24)34)21-10-5-2-6-11-21/h1-17,22-25H/t22-,23-,24-,25-/m1/s1. The molecule has 2 fully saturated rings. The van der Waals surface area contributed by atoms with E-state index in [0.29, 0.717) is 11.3 Å². The van der Waals surface area contributed by atoms with Crippen LogP contribution in [0.15, 0.2) is 102 Å². The molecule has 3 heterocycles. The lowest BCUT2D eigenvalue weighted by atomic mass is 9.86. The topological polar surface area (TPSA) is 70.0 Å². The van der Waals surface area contributed by atoms with Crippen LogP contribution < -0.4 is 4.90 Å². The third-order valence-electron chi connectivity index (χ3n) is 6.85. The number of ketones is 1. The van der Waals surface area contributed by atoms with Gasteiger partial charge in [0, 0.05) is 11.8 Å². The molecule has 3 aliphatic rings. The van der Waals surface area contributed by atoms with E-state index < -0.39 is 23.9 Å². The number of hydrazone groups is 1. The quantitative estimate of drug-likeness (QED) is 0.449. The maximum absolute atomic E-state index is 13.8. The van der Waals surface area contributed by atoms with Crippen molar-refractivity contribution in [2.24, 2.45) is 16.9 Å².